The van der Waals surface area contributed by atoms with E-state index in [-0.39, 0.29) is 17.5 Å². The number of ketones is 2. The molecule has 0 spiro atoms. The molecule has 4 heteroatoms. The molecule has 0 saturated heterocycles. The second-order valence-corrected chi connectivity index (χ2v) is 6.03. The Hall–Kier alpha value is -2.75. The monoisotopic (exact) mass is 337 g/mol. The van der Waals surface area contributed by atoms with Crippen molar-refractivity contribution < 1.29 is 14.4 Å². The van der Waals surface area contributed by atoms with Gasteiger partial charge >= 0.3 is 0 Å². The van der Waals surface area contributed by atoms with Gasteiger partial charge in [-0.2, -0.15) is 0 Å². The average Bonchev–Trinajstić information content (AvgIpc) is 2.64. The number of fused-ring (bicyclic) bond motifs is 2. The summed E-state index contributed by atoms with van der Waals surface area (Å²) >= 11 is 0. The normalized spacial score (nSPS) is 11.9. The molecule has 2 N–H and O–H groups in total. The van der Waals surface area contributed by atoms with Gasteiger partial charge in [-0.05, 0) is 6.42 Å². The molecule has 130 valence electrons. The zero-order valence-corrected chi connectivity index (χ0v) is 14.5. The fourth-order valence-corrected chi connectivity index (χ4v) is 2.77. The Morgan fingerprint density at radius 2 is 1.16 bits per heavy atom. The minimum absolute atomic E-state index is 0.0641. The van der Waals surface area contributed by atoms with E-state index < -0.39 is 0 Å². The molecule has 1 amide bonds. The van der Waals surface area contributed by atoms with Gasteiger partial charge in [0.15, 0.2) is 11.6 Å². The molecule has 0 atom stereocenters. The summed E-state index contributed by atoms with van der Waals surface area (Å²) in [5.41, 5.74) is 6.96. The van der Waals surface area contributed by atoms with Crippen LogP contribution in [0, 0.1) is 0 Å². The molecular formula is C21H23NO3. The minimum Gasteiger partial charge on any atom is -0.370 e. The fourth-order valence-electron chi connectivity index (χ4n) is 2.77. The smallest absolute Gasteiger partial charge is 0.217 e. The Balaban J connectivity index is 0.000000217. The first kappa shape index (κ1) is 18.6. The van der Waals surface area contributed by atoms with E-state index in [0.29, 0.717) is 28.7 Å². The van der Waals surface area contributed by atoms with Gasteiger partial charge in [0, 0.05) is 28.7 Å². The molecule has 2 aromatic carbocycles. The molecule has 4 nitrogen and oxygen atoms in total. The Kier molecular flexibility index (Phi) is 6.63. The van der Waals surface area contributed by atoms with Crippen LogP contribution in [0.15, 0.2) is 48.5 Å². The van der Waals surface area contributed by atoms with Crippen molar-refractivity contribution in [2.24, 2.45) is 5.73 Å². The first-order chi connectivity index (χ1) is 12.1. The van der Waals surface area contributed by atoms with Gasteiger partial charge in [0.05, 0.1) is 0 Å². The van der Waals surface area contributed by atoms with Crippen molar-refractivity contribution >= 4 is 17.5 Å². The van der Waals surface area contributed by atoms with Crippen molar-refractivity contribution in [1.82, 2.24) is 0 Å². The predicted octanol–water partition coefficient (Wildman–Crippen LogP) is 3.90. The average molecular weight is 337 g/mol. The van der Waals surface area contributed by atoms with Crippen LogP contribution in [-0.2, 0) is 4.79 Å². The summed E-state index contributed by atoms with van der Waals surface area (Å²) in [4.78, 5) is 34.4. The minimum atomic E-state index is -0.175. The summed E-state index contributed by atoms with van der Waals surface area (Å²) < 4.78 is 0. The molecule has 0 fully saturated rings. The zero-order valence-electron chi connectivity index (χ0n) is 14.5. The summed E-state index contributed by atoms with van der Waals surface area (Å²) in [5, 5.41) is 0. The lowest BCUT2D eigenvalue weighted by molar-refractivity contribution is -0.118. The third kappa shape index (κ3) is 4.63. The first-order valence-corrected chi connectivity index (χ1v) is 8.62. The van der Waals surface area contributed by atoms with Crippen molar-refractivity contribution in [2.45, 2.75) is 39.0 Å². The number of nitrogens with two attached hydrogens (primary N) is 1. The Bertz CT molecular complexity index is 675. The van der Waals surface area contributed by atoms with Crippen molar-refractivity contribution in [3.8, 4) is 0 Å². The summed E-state index contributed by atoms with van der Waals surface area (Å²) in [6, 6.07) is 13.9. The van der Waals surface area contributed by atoms with E-state index in [1.165, 1.54) is 12.8 Å². The number of amides is 1. The number of benzene rings is 2. The van der Waals surface area contributed by atoms with Crippen molar-refractivity contribution in [2.75, 3.05) is 0 Å². The second-order valence-electron chi connectivity index (χ2n) is 6.03. The van der Waals surface area contributed by atoms with E-state index in [2.05, 4.69) is 6.92 Å². The van der Waals surface area contributed by atoms with Crippen LogP contribution in [0.5, 0.6) is 0 Å². The molecular weight excluding hydrogens is 314 g/mol. The molecule has 0 radical (unpaired) electrons. The topological polar surface area (TPSA) is 77.2 Å². The Morgan fingerprint density at radius 1 is 0.760 bits per heavy atom. The third-order valence-corrected chi connectivity index (χ3v) is 4.11. The predicted molar refractivity (Wildman–Crippen MR) is 97.7 cm³/mol. The van der Waals surface area contributed by atoms with Crippen LogP contribution in [0.1, 0.15) is 70.9 Å². The van der Waals surface area contributed by atoms with E-state index in [4.69, 9.17) is 5.73 Å². The molecule has 0 heterocycles. The Morgan fingerprint density at radius 3 is 1.48 bits per heavy atom. The maximum Gasteiger partial charge on any atom is 0.217 e. The molecule has 0 aliphatic heterocycles. The highest BCUT2D eigenvalue weighted by molar-refractivity contribution is 6.28. The van der Waals surface area contributed by atoms with Gasteiger partial charge in [-0.25, -0.2) is 0 Å². The summed E-state index contributed by atoms with van der Waals surface area (Å²) in [7, 11) is 0. The molecule has 0 saturated carbocycles. The number of carbonyl (C=O) groups excluding carboxylic acids is 3. The SMILES string of the molecule is CCCCCCC(N)=O.O=C1c2ccccc2C(=O)c2ccccc21. The molecule has 1 aliphatic rings. The van der Waals surface area contributed by atoms with Crippen LogP contribution in [-0.4, -0.2) is 17.5 Å². The van der Waals surface area contributed by atoms with Crippen LogP contribution in [0.4, 0.5) is 0 Å². The zero-order chi connectivity index (χ0) is 18.2. The van der Waals surface area contributed by atoms with E-state index >= 15 is 0 Å². The van der Waals surface area contributed by atoms with Gasteiger partial charge in [0.25, 0.3) is 0 Å². The maximum absolute atomic E-state index is 12.1. The number of hydrogen-bond donors (Lipinski definition) is 1. The van der Waals surface area contributed by atoms with Gasteiger partial charge in [-0.15, -0.1) is 0 Å². The number of hydrogen-bond acceptors (Lipinski definition) is 3. The molecule has 0 aromatic heterocycles. The molecule has 25 heavy (non-hydrogen) atoms. The van der Waals surface area contributed by atoms with Gasteiger partial charge in [-0.1, -0.05) is 74.7 Å². The molecule has 0 unspecified atom stereocenters. The van der Waals surface area contributed by atoms with Gasteiger partial charge in [0.2, 0.25) is 5.91 Å². The van der Waals surface area contributed by atoms with Crippen LogP contribution >= 0.6 is 0 Å². The van der Waals surface area contributed by atoms with Crippen molar-refractivity contribution in [3.63, 3.8) is 0 Å². The number of rotatable bonds is 5. The number of carbonyl (C=O) groups is 3. The van der Waals surface area contributed by atoms with E-state index in [9.17, 15) is 14.4 Å². The molecule has 2 aromatic rings. The third-order valence-electron chi connectivity index (χ3n) is 4.11. The van der Waals surface area contributed by atoms with Gasteiger partial charge < -0.3 is 5.73 Å². The van der Waals surface area contributed by atoms with Crippen LogP contribution in [0.25, 0.3) is 0 Å². The lowest BCUT2D eigenvalue weighted by Crippen LogP contribution is -2.20. The first-order valence-electron chi connectivity index (χ1n) is 8.62. The molecule has 3 rings (SSSR count). The van der Waals surface area contributed by atoms with E-state index in [1.807, 2.05) is 0 Å². The molecule has 0 bridgehead atoms. The van der Waals surface area contributed by atoms with Crippen LogP contribution in [0.2, 0.25) is 0 Å². The summed E-state index contributed by atoms with van der Waals surface area (Å²) in [6.45, 7) is 2.14. The molecule has 1 aliphatic carbocycles. The van der Waals surface area contributed by atoms with Crippen LogP contribution in [0.3, 0.4) is 0 Å². The quantitative estimate of drug-likeness (QED) is 0.717. The highest BCUT2D eigenvalue weighted by Gasteiger charge is 2.28. The number of unbranched alkanes of at least 4 members (excludes halogenated alkanes) is 3. The van der Waals surface area contributed by atoms with Gasteiger partial charge in [0.1, 0.15) is 0 Å². The highest BCUT2D eigenvalue weighted by Crippen LogP contribution is 2.26. The lowest BCUT2D eigenvalue weighted by Gasteiger charge is -2.16. The summed E-state index contributed by atoms with van der Waals surface area (Å²) in [5.74, 6) is -0.303. The van der Waals surface area contributed by atoms with Crippen molar-refractivity contribution in [1.29, 1.82) is 0 Å². The summed E-state index contributed by atoms with van der Waals surface area (Å²) in [6.07, 6.45) is 5.08. The lowest BCUT2D eigenvalue weighted by atomic mass is 9.84. The number of primary amides is 1. The van der Waals surface area contributed by atoms with E-state index in [1.54, 1.807) is 48.5 Å². The largest absolute Gasteiger partial charge is 0.370 e. The van der Waals surface area contributed by atoms with Crippen molar-refractivity contribution in [3.05, 3.63) is 70.8 Å². The van der Waals surface area contributed by atoms with Gasteiger partial charge in [-0.3, -0.25) is 14.4 Å². The standard InChI is InChI=1S/C14H8O2.C7H15NO/c15-13-9-5-1-2-6-10(9)14(16)12-8-4-3-7-11(12)13;1-2-3-4-5-6-7(8)9/h1-8H;2-6H2,1H3,(H2,8,9). The second kappa shape index (κ2) is 8.92. The Labute approximate surface area is 148 Å². The highest BCUT2D eigenvalue weighted by atomic mass is 16.1. The maximum atomic E-state index is 12.1. The van der Waals surface area contributed by atoms with E-state index in [0.717, 1.165) is 12.8 Å². The van der Waals surface area contributed by atoms with Crippen LogP contribution < -0.4 is 5.73 Å². The fraction of sp³-hybridized carbons (Fsp3) is 0.286.